The van der Waals surface area contributed by atoms with Gasteiger partial charge < -0.3 is 14.7 Å². The quantitative estimate of drug-likeness (QED) is 0.701. The second-order valence-corrected chi connectivity index (χ2v) is 4.28. The van der Waals surface area contributed by atoms with Crippen molar-refractivity contribution in [2.45, 2.75) is 24.7 Å². The van der Waals surface area contributed by atoms with E-state index in [0.717, 1.165) is 5.69 Å². The van der Waals surface area contributed by atoms with E-state index in [1.165, 1.54) is 0 Å². The molecule has 2 aliphatic rings. The maximum absolute atomic E-state index is 11.2. The van der Waals surface area contributed by atoms with Crippen LogP contribution in [0.25, 0.3) is 0 Å². The van der Waals surface area contributed by atoms with E-state index in [0.29, 0.717) is 13.0 Å². The number of esters is 1. The topological polar surface area (TPSA) is 49.8 Å². The van der Waals surface area contributed by atoms with Gasteiger partial charge in [-0.15, -0.1) is 0 Å². The maximum Gasteiger partial charge on any atom is 0.308 e. The van der Waals surface area contributed by atoms with Crippen LogP contribution in [0.5, 0.6) is 0 Å². The number of nitrogens with zero attached hydrogens (tertiary/aromatic N) is 1. The Morgan fingerprint density at radius 2 is 2.06 bits per heavy atom. The van der Waals surface area contributed by atoms with E-state index in [1.807, 2.05) is 30.3 Å². The Hall–Kier alpha value is -1.55. The van der Waals surface area contributed by atoms with Crippen LogP contribution in [0, 0.1) is 0 Å². The van der Waals surface area contributed by atoms with E-state index in [-0.39, 0.29) is 18.1 Å². The molecule has 2 saturated heterocycles. The van der Waals surface area contributed by atoms with Gasteiger partial charge in [-0.2, -0.15) is 0 Å². The fourth-order valence-corrected chi connectivity index (χ4v) is 2.55. The summed E-state index contributed by atoms with van der Waals surface area (Å²) in [5.41, 5.74) is 1.03. The number of hydrogen-bond donors (Lipinski definition) is 1. The molecule has 0 radical (unpaired) electrons. The molecular formula is C12H13NO3. The van der Waals surface area contributed by atoms with Gasteiger partial charge in [0.25, 0.3) is 0 Å². The highest BCUT2D eigenvalue weighted by Crippen LogP contribution is 2.33. The number of para-hydroxylation sites is 1. The van der Waals surface area contributed by atoms with E-state index in [2.05, 4.69) is 4.90 Å². The summed E-state index contributed by atoms with van der Waals surface area (Å²) in [5, 5.41) is 9.83. The average molecular weight is 219 g/mol. The predicted molar refractivity (Wildman–Crippen MR) is 58.1 cm³/mol. The summed E-state index contributed by atoms with van der Waals surface area (Å²) in [4.78, 5) is 13.3. The first-order chi connectivity index (χ1) is 7.75. The summed E-state index contributed by atoms with van der Waals surface area (Å²) < 4.78 is 5.12. The van der Waals surface area contributed by atoms with Crippen molar-refractivity contribution in [2.75, 3.05) is 11.4 Å². The molecule has 84 valence electrons. The van der Waals surface area contributed by atoms with Crippen molar-refractivity contribution >= 4 is 11.7 Å². The zero-order valence-corrected chi connectivity index (χ0v) is 8.74. The third-order valence-corrected chi connectivity index (χ3v) is 3.27. The number of aliphatic hydroxyl groups excluding tert-OH is 1. The fraction of sp³-hybridized carbons (Fsp3) is 0.417. The Morgan fingerprint density at radius 3 is 2.81 bits per heavy atom. The first-order valence-electron chi connectivity index (χ1n) is 5.45. The smallest absolute Gasteiger partial charge is 0.308 e. The van der Waals surface area contributed by atoms with Crippen molar-refractivity contribution in [2.24, 2.45) is 0 Å². The molecule has 4 heteroatoms. The molecule has 3 atom stereocenters. The maximum atomic E-state index is 11.2. The second-order valence-electron chi connectivity index (χ2n) is 4.28. The summed E-state index contributed by atoms with van der Waals surface area (Å²) >= 11 is 0. The SMILES string of the molecule is O=C1C[C@@H]2[C@H](O1)[C@H](O)CN2c1ccccc1. The number of β-amino-alcohol motifs (C(OH)–C–C–N with tert-alkyl or cyclic N) is 1. The van der Waals surface area contributed by atoms with Crippen LogP contribution in [0.3, 0.4) is 0 Å². The molecular weight excluding hydrogens is 206 g/mol. The first kappa shape index (κ1) is 9.66. The highest BCUT2D eigenvalue weighted by atomic mass is 16.6. The minimum absolute atomic E-state index is 0.00935. The number of benzene rings is 1. The lowest BCUT2D eigenvalue weighted by atomic mass is 10.1. The van der Waals surface area contributed by atoms with Crippen LogP contribution >= 0.6 is 0 Å². The van der Waals surface area contributed by atoms with E-state index < -0.39 is 6.10 Å². The Morgan fingerprint density at radius 1 is 1.31 bits per heavy atom. The number of carbonyl (C=O) groups is 1. The van der Waals surface area contributed by atoms with E-state index in [1.54, 1.807) is 0 Å². The monoisotopic (exact) mass is 219 g/mol. The summed E-state index contributed by atoms with van der Waals surface area (Å²) in [6.07, 6.45) is -0.555. The number of aliphatic hydroxyl groups is 1. The van der Waals surface area contributed by atoms with Gasteiger partial charge in [-0.25, -0.2) is 0 Å². The Labute approximate surface area is 93.4 Å². The molecule has 0 aliphatic carbocycles. The highest BCUT2D eigenvalue weighted by molar-refractivity contribution is 5.75. The third kappa shape index (κ3) is 1.38. The predicted octanol–water partition coefficient (Wildman–Crippen LogP) is 0.552. The van der Waals surface area contributed by atoms with Crippen LogP contribution < -0.4 is 4.90 Å². The molecule has 3 rings (SSSR count). The number of carbonyl (C=O) groups excluding carboxylic acids is 1. The Bertz CT molecular complexity index is 406. The molecule has 0 unspecified atom stereocenters. The van der Waals surface area contributed by atoms with Crippen LogP contribution in [-0.4, -0.2) is 35.9 Å². The van der Waals surface area contributed by atoms with Crippen LogP contribution in [0.2, 0.25) is 0 Å². The highest BCUT2D eigenvalue weighted by Gasteiger charge is 2.49. The lowest BCUT2D eigenvalue weighted by Crippen LogP contribution is -2.32. The van der Waals surface area contributed by atoms with Crippen molar-refractivity contribution < 1.29 is 14.6 Å². The molecule has 0 spiro atoms. The van der Waals surface area contributed by atoms with Gasteiger partial charge in [0, 0.05) is 12.2 Å². The molecule has 1 aromatic rings. The van der Waals surface area contributed by atoms with E-state index >= 15 is 0 Å². The van der Waals surface area contributed by atoms with Crippen molar-refractivity contribution in [3.63, 3.8) is 0 Å². The molecule has 2 heterocycles. The Balaban J connectivity index is 1.90. The van der Waals surface area contributed by atoms with Gasteiger partial charge in [0.15, 0.2) is 6.10 Å². The molecule has 16 heavy (non-hydrogen) atoms. The van der Waals surface area contributed by atoms with Gasteiger partial charge in [0.05, 0.1) is 12.5 Å². The first-order valence-corrected chi connectivity index (χ1v) is 5.45. The van der Waals surface area contributed by atoms with Gasteiger partial charge in [-0.05, 0) is 12.1 Å². The van der Waals surface area contributed by atoms with Crippen molar-refractivity contribution in [1.29, 1.82) is 0 Å². The number of hydrogen-bond acceptors (Lipinski definition) is 4. The molecule has 1 aromatic carbocycles. The van der Waals surface area contributed by atoms with Crippen molar-refractivity contribution in [3.05, 3.63) is 30.3 Å². The number of rotatable bonds is 1. The van der Waals surface area contributed by atoms with Crippen LogP contribution in [0.4, 0.5) is 5.69 Å². The molecule has 0 saturated carbocycles. The number of fused-ring (bicyclic) bond motifs is 1. The number of anilines is 1. The lowest BCUT2D eigenvalue weighted by molar-refractivity contribution is -0.144. The normalized spacial score (nSPS) is 32.7. The summed E-state index contributed by atoms with van der Waals surface area (Å²) in [6, 6.07) is 9.81. The summed E-state index contributed by atoms with van der Waals surface area (Å²) in [5.74, 6) is -0.213. The number of ether oxygens (including phenoxy) is 1. The molecule has 0 aromatic heterocycles. The molecule has 0 amide bonds. The largest absolute Gasteiger partial charge is 0.457 e. The Kier molecular flexibility index (Phi) is 2.11. The standard InChI is InChI=1S/C12H13NO3/c14-10-7-13(8-4-2-1-3-5-8)9-6-11(15)16-12(9)10/h1-5,9-10,12,14H,6-7H2/t9-,10-,12+/m1/s1. The average Bonchev–Trinajstić information content (AvgIpc) is 2.80. The third-order valence-electron chi connectivity index (χ3n) is 3.27. The molecule has 2 aliphatic heterocycles. The van der Waals surface area contributed by atoms with E-state index in [9.17, 15) is 9.90 Å². The van der Waals surface area contributed by atoms with Gasteiger partial charge in [0.2, 0.25) is 0 Å². The molecule has 2 fully saturated rings. The summed E-state index contributed by atoms with van der Waals surface area (Å²) in [7, 11) is 0. The second kappa shape index (κ2) is 3.49. The van der Waals surface area contributed by atoms with E-state index in [4.69, 9.17) is 4.74 Å². The lowest BCUT2D eigenvalue weighted by Gasteiger charge is -2.23. The van der Waals surface area contributed by atoms with Gasteiger partial charge in [0.1, 0.15) is 6.10 Å². The van der Waals surface area contributed by atoms with Gasteiger partial charge >= 0.3 is 5.97 Å². The minimum atomic E-state index is -0.573. The van der Waals surface area contributed by atoms with Crippen LogP contribution in [0.15, 0.2) is 30.3 Å². The van der Waals surface area contributed by atoms with Gasteiger partial charge in [-0.1, -0.05) is 18.2 Å². The zero-order chi connectivity index (χ0) is 11.1. The molecule has 4 nitrogen and oxygen atoms in total. The fourth-order valence-electron chi connectivity index (χ4n) is 2.55. The zero-order valence-electron chi connectivity index (χ0n) is 8.74. The molecule has 1 N–H and O–H groups in total. The van der Waals surface area contributed by atoms with Crippen molar-refractivity contribution in [3.8, 4) is 0 Å². The van der Waals surface area contributed by atoms with Crippen molar-refractivity contribution in [1.82, 2.24) is 0 Å². The van der Waals surface area contributed by atoms with Crippen LogP contribution in [0.1, 0.15) is 6.42 Å². The van der Waals surface area contributed by atoms with Gasteiger partial charge in [-0.3, -0.25) is 4.79 Å². The molecule has 0 bridgehead atoms. The minimum Gasteiger partial charge on any atom is -0.457 e. The summed E-state index contributed by atoms with van der Waals surface area (Å²) in [6.45, 7) is 0.534. The van der Waals surface area contributed by atoms with Crippen LogP contribution in [-0.2, 0) is 9.53 Å².